The first-order valence-corrected chi connectivity index (χ1v) is 6.89. The summed E-state index contributed by atoms with van der Waals surface area (Å²) in [6, 6.07) is -0.0318. The Hall–Kier alpha value is -1.61. The van der Waals surface area contributed by atoms with Gasteiger partial charge in [-0.3, -0.25) is 9.69 Å². The number of carbonyl (C=O) groups excluding carboxylic acids is 1. The number of ketones is 1. The highest BCUT2D eigenvalue weighted by Crippen LogP contribution is 2.14. The molecule has 112 valence electrons. The summed E-state index contributed by atoms with van der Waals surface area (Å²) in [6.07, 6.45) is 7.69. The lowest BCUT2D eigenvalue weighted by atomic mass is 10.0. The van der Waals surface area contributed by atoms with E-state index in [1.165, 1.54) is 0 Å². The topological polar surface area (TPSA) is 32.3 Å². The summed E-state index contributed by atoms with van der Waals surface area (Å²) in [5.74, 6) is 0.0886. The van der Waals surface area contributed by atoms with Gasteiger partial charge in [0.15, 0.2) is 5.78 Å². The van der Waals surface area contributed by atoms with E-state index in [4.69, 9.17) is 0 Å². The van der Waals surface area contributed by atoms with Gasteiger partial charge in [0.2, 0.25) is 0 Å². The highest BCUT2D eigenvalue weighted by molar-refractivity contribution is 5.84. The highest BCUT2D eigenvalue weighted by Gasteiger charge is 2.21. The Balaban J connectivity index is 4.71. The first-order valence-electron chi connectivity index (χ1n) is 6.89. The van der Waals surface area contributed by atoms with Gasteiger partial charge in [-0.25, -0.2) is 0 Å². The van der Waals surface area contributed by atoms with E-state index in [0.717, 1.165) is 11.3 Å². The van der Waals surface area contributed by atoms with Crippen molar-refractivity contribution in [2.75, 3.05) is 20.6 Å². The van der Waals surface area contributed by atoms with Gasteiger partial charge in [0.05, 0.1) is 12.6 Å². The number of nitrogens with zero attached hydrogens (tertiary/aromatic N) is 1. The summed E-state index contributed by atoms with van der Waals surface area (Å²) in [4.78, 5) is 14.2. The van der Waals surface area contributed by atoms with Gasteiger partial charge in [-0.2, -0.15) is 0 Å². The van der Waals surface area contributed by atoms with Crippen molar-refractivity contribution in [2.24, 2.45) is 5.92 Å². The van der Waals surface area contributed by atoms with Crippen LogP contribution in [0.4, 0.5) is 0 Å². The molecule has 0 fully saturated rings. The third-order valence-corrected chi connectivity index (χ3v) is 3.18. The first-order chi connectivity index (χ1) is 9.34. The Morgan fingerprint density at radius 2 is 1.95 bits per heavy atom. The molecule has 3 nitrogen and oxygen atoms in total. The molecule has 0 radical (unpaired) electrons. The maximum absolute atomic E-state index is 12.2. The van der Waals surface area contributed by atoms with Crippen molar-refractivity contribution in [1.29, 1.82) is 0 Å². The van der Waals surface area contributed by atoms with Crippen LogP contribution < -0.4 is 5.32 Å². The quantitative estimate of drug-likeness (QED) is 0.519. The van der Waals surface area contributed by atoms with Crippen LogP contribution in [0.2, 0.25) is 0 Å². The van der Waals surface area contributed by atoms with E-state index in [0.29, 0.717) is 6.54 Å². The molecule has 0 aromatic carbocycles. The molecule has 2 unspecified atom stereocenters. The van der Waals surface area contributed by atoms with Gasteiger partial charge in [0.25, 0.3) is 0 Å². The van der Waals surface area contributed by atoms with E-state index in [-0.39, 0.29) is 17.7 Å². The molecule has 0 heterocycles. The highest BCUT2D eigenvalue weighted by atomic mass is 16.1. The zero-order chi connectivity index (χ0) is 15.7. The second-order valence-corrected chi connectivity index (χ2v) is 5.10. The van der Waals surface area contributed by atoms with Crippen molar-refractivity contribution in [2.45, 2.75) is 26.8 Å². The largest absolute Gasteiger partial charge is 0.390 e. The van der Waals surface area contributed by atoms with E-state index < -0.39 is 0 Å². The lowest BCUT2D eigenvalue weighted by Gasteiger charge is -2.30. The van der Waals surface area contributed by atoms with Crippen molar-refractivity contribution in [3.63, 3.8) is 0 Å². The maximum Gasteiger partial charge on any atom is 0.153 e. The Bertz CT molecular complexity index is 407. The normalized spacial score (nSPS) is 14.7. The molecule has 0 aliphatic heterocycles. The number of carbonyl (C=O) groups is 1. The third kappa shape index (κ3) is 6.02. The van der Waals surface area contributed by atoms with Crippen LogP contribution in [0.3, 0.4) is 0 Å². The van der Waals surface area contributed by atoms with E-state index in [2.05, 4.69) is 18.5 Å². The number of allylic oxidation sites excluding steroid dienone is 4. The molecule has 1 N–H and O–H groups in total. The fourth-order valence-electron chi connectivity index (χ4n) is 2.01. The summed E-state index contributed by atoms with van der Waals surface area (Å²) in [5, 5.41) is 3.04. The SMILES string of the molecule is C=C(C)C(C(=C)NC)N(C)CC(=O)C(C)/C=C\C=C/C. The predicted octanol–water partition coefficient (Wildman–Crippen LogP) is 2.93. The van der Waals surface area contributed by atoms with Crippen molar-refractivity contribution in [3.05, 3.63) is 48.7 Å². The molecule has 20 heavy (non-hydrogen) atoms. The molecule has 0 saturated heterocycles. The summed E-state index contributed by atoms with van der Waals surface area (Å²) < 4.78 is 0. The monoisotopic (exact) mass is 276 g/mol. The minimum Gasteiger partial charge on any atom is -0.390 e. The zero-order valence-corrected chi connectivity index (χ0v) is 13.4. The third-order valence-electron chi connectivity index (χ3n) is 3.18. The minimum absolute atomic E-state index is 0.0318. The minimum atomic E-state index is -0.0951. The number of rotatable bonds is 9. The number of hydrogen-bond acceptors (Lipinski definition) is 3. The van der Waals surface area contributed by atoms with Crippen molar-refractivity contribution >= 4 is 5.78 Å². The molecular formula is C17H28N2O. The van der Waals surface area contributed by atoms with Gasteiger partial charge < -0.3 is 5.32 Å². The molecule has 0 aliphatic carbocycles. The summed E-state index contributed by atoms with van der Waals surface area (Å²) in [5.41, 5.74) is 1.82. The second kappa shape index (κ2) is 9.32. The van der Waals surface area contributed by atoms with Gasteiger partial charge in [-0.1, -0.05) is 50.0 Å². The predicted molar refractivity (Wildman–Crippen MR) is 87.6 cm³/mol. The number of likely N-dealkylation sites (N-methyl/N-ethyl adjacent to an activating group) is 2. The molecule has 2 atom stereocenters. The average Bonchev–Trinajstić information content (AvgIpc) is 2.38. The van der Waals surface area contributed by atoms with Gasteiger partial charge in [0, 0.05) is 18.7 Å². The molecule has 0 spiro atoms. The van der Waals surface area contributed by atoms with E-state index in [1.54, 1.807) is 0 Å². The van der Waals surface area contributed by atoms with Gasteiger partial charge in [-0.15, -0.1) is 0 Å². The fraction of sp³-hybridized carbons (Fsp3) is 0.471. The lowest BCUT2D eigenvalue weighted by Crippen LogP contribution is -2.41. The summed E-state index contributed by atoms with van der Waals surface area (Å²) >= 11 is 0. The van der Waals surface area contributed by atoms with Gasteiger partial charge in [-0.05, 0) is 20.9 Å². The van der Waals surface area contributed by atoms with Crippen molar-refractivity contribution in [1.82, 2.24) is 10.2 Å². The molecular weight excluding hydrogens is 248 g/mol. The van der Waals surface area contributed by atoms with Crippen LogP contribution >= 0.6 is 0 Å². The molecule has 0 rings (SSSR count). The molecule has 0 aromatic heterocycles. The van der Waals surface area contributed by atoms with Crippen LogP contribution in [0.5, 0.6) is 0 Å². The molecule has 0 bridgehead atoms. The van der Waals surface area contributed by atoms with Crippen LogP contribution in [-0.2, 0) is 4.79 Å². The van der Waals surface area contributed by atoms with Gasteiger partial charge in [0.1, 0.15) is 0 Å². The number of nitrogens with one attached hydrogen (secondary N) is 1. The van der Waals surface area contributed by atoms with Gasteiger partial charge >= 0.3 is 0 Å². The molecule has 0 saturated carbocycles. The number of Topliss-reactive ketones (excluding diaryl/α,β-unsaturated/α-hetero) is 1. The molecule has 0 aromatic rings. The first kappa shape index (κ1) is 18.4. The van der Waals surface area contributed by atoms with Crippen LogP contribution in [0.25, 0.3) is 0 Å². The standard InChI is InChI=1S/C17H28N2O/c1-8-9-10-11-14(4)16(20)12-19(7)17(13(2)3)15(5)18-6/h8-11,14,17-18H,2,5,12H2,1,3-4,6-7H3/b9-8-,11-10-. The molecule has 0 amide bonds. The fourth-order valence-corrected chi connectivity index (χ4v) is 2.01. The Morgan fingerprint density at radius 1 is 1.35 bits per heavy atom. The van der Waals surface area contributed by atoms with Crippen LogP contribution in [0.1, 0.15) is 20.8 Å². The van der Waals surface area contributed by atoms with Crippen LogP contribution in [-0.4, -0.2) is 37.4 Å². The second-order valence-electron chi connectivity index (χ2n) is 5.10. The van der Waals surface area contributed by atoms with Crippen molar-refractivity contribution in [3.8, 4) is 0 Å². The molecule has 3 heteroatoms. The van der Waals surface area contributed by atoms with Crippen molar-refractivity contribution < 1.29 is 4.79 Å². The molecule has 0 aliphatic rings. The Morgan fingerprint density at radius 3 is 2.40 bits per heavy atom. The van der Waals surface area contributed by atoms with E-state index in [1.807, 2.05) is 64.1 Å². The summed E-state index contributed by atoms with van der Waals surface area (Å²) in [6.45, 7) is 14.1. The van der Waals surface area contributed by atoms with Crippen LogP contribution in [0, 0.1) is 5.92 Å². The maximum atomic E-state index is 12.2. The number of hydrogen-bond donors (Lipinski definition) is 1. The average molecular weight is 276 g/mol. The Kier molecular flexibility index (Phi) is 8.57. The van der Waals surface area contributed by atoms with E-state index >= 15 is 0 Å². The van der Waals surface area contributed by atoms with Crippen LogP contribution in [0.15, 0.2) is 48.7 Å². The zero-order valence-electron chi connectivity index (χ0n) is 13.4. The van der Waals surface area contributed by atoms with E-state index in [9.17, 15) is 4.79 Å². The summed E-state index contributed by atoms with van der Waals surface area (Å²) in [7, 11) is 3.75. The lowest BCUT2D eigenvalue weighted by molar-refractivity contribution is -0.122. The Labute approximate surface area is 123 Å². The smallest absolute Gasteiger partial charge is 0.153 e.